The molecule has 0 bridgehead atoms. The van der Waals surface area contributed by atoms with Gasteiger partial charge in [0.2, 0.25) is 0 Å². The maximum absolute atomic E-state index is 3.49. The predicted molar refractivity (Wildman–Crippen MR) is 61.0 cm³/mol. The summed E-state index contributed by atoms with van der Waals surface area (Å²) in [6, 6.07) is 0. The SMILES string of the molecule is CC(C)CCCCNCCC(C)C. The third-order valence-corrected chi connectivity index (χ3v) is 2.28. The third kappa shape index (κ3) is 12.0. The van der Waals surface area contributed by atoms with Gasteiger partial charge in [-0.15, -0.1) is 0 Å². The van der Waals surface area contributed by atoms with Crippen molar-refractivity contribution >= 4 is 0 Å². The zero-order chi connectivity index (χ0) is 10.1. The quantitative estimate of drug-likeness (QED) is 0.571. The van der Waals surface area contributed by atoms with Gasteiger partial charge in [-0.1, -0.05) is 40.5 Å². The molecule has 0 aliphatic rings. The van der Waals surface area contributed by atoms with Crippen LogP contribution in [0.3, 0.4) is 0 Å². The Morgan fingerprint density at radius 2 is 1.38 bits per heavy atom. The standard InChI is InChI=1S/C12H27N/c1-11(2)7-5-6-9-13-10-8-12(3)4/h11-13H,5-10H2,1-4H3. The van der Waals surface area contributed by atoms with E-state index in [4.69, 9.17) is 0 Å². The van der Waals surface area contributed by atoms with Gasteiger partial charge in [-0.05, 0) is 37.8 Å². The van der Waals surface area contributed by atoms with Crippen LogP contribution in [0.25, 0.3) is 0 Å². The Morgan fingerprint density at radius 3 is 1.92 bits per heavy atom. The summed E-state index contributed by atoms with van der Waals surface area (Å²) in [5.74, 6) is 1.71. The van der Waals surface area contributed by atoms with Crippen molar-refractivity contribution in [1.82, 2.24) is 5.32 Å². The molecule has 0 saturated carbocycles. The van der Waals surface area contributed by atoms with Crippen molar-refractivity contribution in [2.45, 2.75) is 53.4 Å². The van der Waals surface area contributed by atoms with Crippen LogP contribution in [0.4, 0.5) is 0 Å². The Balaban J connectivity index is 2.92. The third-order valence-electron chi connectivity index (χ3n) is 2.28. The van der Waals surface area contributed by atoms with Crippen LogP contribution >= 0.6 is 0 Å². The van der Waals surface area contributed by atoms with E-state index in [1.807, 2.05) is 0 Å². The van der Waals surface area contributed by atoms with E-state index in [1.54, 1.807) is 0 Å². The second-order valence-electron chi connectivity index (χ2n) is 4.82. The fourth-order valence-corrected chi connectivity index (χ4v) is 1.32. The van der Waals surface area contributed by atoms with E-state index >= 15 is 0 Å². The Kier molecular flexibility index (Phi) is 8.53. The second-order valence-corrected chi connectivity index (χ2v) is 4.82. The van der Waals surface area contributed by atoms with Gasteiger partial charge in [0.15, 0.2) is 0 Å². The Hall–Kier alpha value is -0.0400. The molecule has 0 aromatic heterocycles. The number of nitrogens with one attached hydrogen (secondary N) is 1. The summed E-state index contributed by atoms with van der Waals surface area (Å²) in [5.41, 5.74) is 0. The lowest BCUT2D eigenvalue weighted by molar-refractivity contribution is 0.499. The van der Waals surface area contributed by atoms with Crippen molar-refractivity contribution in [3.05, 3.63) is 0 Å². The Bertz CT molecular complexity index is 85.3. The van der Waals surface area contributed by atoms with Gasteiger partial charge in [0.1, 0.15) is 0 Å². The van der Waals surface area contributed by atoms with E-state index in [1.165, 1.54) is 38.8 Å². The van der Waals surface area contributed by atoms with Crippen LogP contribution in [0.15, 0.2) is 0 Å². The van der Waals surface area contributed by atoms with Crippen molar-refractivity contribution in [3.8, 4) is 0 Å². The molecule has 0 aromatic carbocycles. The first-order chi connectivity index (χ1) is 6.13. The summed E-state index contributed by atoms with van der Waals surface area (Å²) in [5, 5.41) is 3.49. The van der Waals surface area contributed by atoms with E-state index in [9.17, 15) is 0 Å². The van der Waals surface area contributed by atoms with Crippen LogP contribution in [-0.2, 0) is 0 Å². The van der Waals surface area contributed by atoms with Crippen molar-refractivity contribution in [2.75, 3.05) is 13.1 Å². The molecule has 0 atom stereocenters. The molecule has 0 radical (unpaired) electrons. The molecule has 80 valence electrons. The van der Waals surface area contributed by atoms with Gasteiger partial charge in [0.25, 0.3) is 0 Å². The van der Waals surface area contributed by atoms with Gasteiger partial charge >= 0.3 is 0 Å². The van der Waals surface area contributed by atoms with Crippen LogP contribution in [0.1, 0.15) is 53.4 Å². The van der Waals surface area contributed by atoms with E-state index in [0.717, 1.165) is 11.8 Å². The van der Waals surface area contributed by atoms with Crippen molar-refractivity contribution < 1.29 is 0 Å². The summed E-state index contributed by atoms with van der Waals surface area (Å²) in [6.07, 6.45) is 5.42. The zero-order valence-electron chi connectivity index (χ0n) is 9.90. The molecule has 13 heavy (non-hydrogen) atoms. The average molecular weight is 185 g/mol. The molecule has 0 saturated heterocycles. The molecule has 0 amide bonds. The van der Waals surface area contributed by atoms with Crippen LogP contribution in [-0.4, -0.2) is 13.1 Å². The molecule has 0 rings (SSSR count). The van der Waals surface area contributed by atoms with E-state index in [2.05, 4.69) is 33.0 Å². The summed E-state index contributed by atoms with van der Waals surface area (Å²) in [6.45, 7) is 11.6. The molecule has 0 unspecified atom stereocenters. The number of hydrogen-bond donors (Lipinski definition) is 1. The largest absolute Gasteiger partial charge is 0.317 e. The van der Waals surface area contributed by atoms with Gasteiger partial charge in [0.05, 0.1) is 0 Å². The van der Waals surface area contributed by atoms with E-state index < -0.39 is 0 Å². The van der Waals surface area contributed by atoms with Gasteiger partial charge in [-0.2, -0.15) is 0 Å². The minimum absolute atomic E-state index is 0.836. The molecule has 0 fully saturated rings. The molecule has 0 spiro atoms. The summed E-state index contributed by atoms with van der Waals surface area (Å²) < 4.78 is 0. The fraction of sp³-hybridized carbons (Fsp3) is 1.00. The minimum atomic E-state index is 0.836. The summed E-state index contributed by atoms with van der Waals surface area (Å²) in [4.78, 5) is 0. The molecule has 0 aromatic rings. The monoisotopic (exact) mass is 185 g/mol. The lowest BCUT2D eigenvalue weighted by Crippen LogP contribution is -2.18. The maximum Gasteiger partial charge on any atom is -0.00465 e. The molecule has 1 N–H and O–H groups in total. The highest BCUT2D eigenvalue weighted by Crippen LogP contribution is 2.05. The topological polar surface area (TPSA) is 12.0 Å². The highest BCUT2D eigenvalue weighted by molar-refractivity contribution is 4.52. The molecule has 1 nitrogen and oxygen atoms in total. The molecule has 1 heteroatoms. The summed E-state index contributed by atoms with van der Waals surface area (Å²) in [7, 11) is 0. The van der Waals surface area contributed by atoms with E-state index in [-0.39, 0.29) is 0 Å². The van der Waals surface area contributed by atoms with Crippen LogP contribution in [0.5, 0.6) is 0 Å². The lowest BCUT2D eigenvalue weighted by atomic mass is 10.1. The van der Waals surface area contributed by atoms with Gasteiger partial charge in [-0.25, -0.2) is 0 Å². The van der Waals surface area contributed by atoms with Gasteiger partial charge in [-0.3, -0.25) is 0 Å². The van der Waals surface area contributed by atoms with Crippen molar-refractivity contribution in [3.63, 3.8) is 0 Å². The number of hydrogen-bond acceptors (Lipinski definition) is 1. The smallest absolute Gasteiger partial charge is 0.00465 e. The molecular weight excluding hydrogens is 158 g/mol. The highest BCUT2D eigenvalue weighted by atomic mass is 14.8. The van der Waals surface area contributed by atoms with E-state index in [0.29, 0.717) is 0 Å². The van der Waals surface area contributed by atoms with Crippen LogP contribution in [0, 0.1) is 11.8 Å². The Labute approximate surface area is 84.3 Å². The molecule has 0 aliphatic heterocycles. The van der Waals surface area contributed by atoms with Crippen molar-refractivity contribution in [2.24, 2.45) is 11.8 Å². The number of rotatable bonds is 8. The first kappa shape index (κ1) is 13.0. The average Bonchev–Trinajstić information content (AvgIpc) is 2.01. The first-order valence-corrected chi connectivity index (χ1v) is 5.83. The van der Waals surface area contributed by atoms with Gasteiger partial charge < -0.3 is 5.32 Å². The second kappa shape index (κ2) is 8.55. The minimum Gasteiger partial charge on any atom is -0.317 e. The molecular formula is C12H27N. The van der Waals surface area contributed by atoms with Crippen LogP contribution < -0.4 is 5.32 Å². The predicted octanol–water partition coefficient (Wildman–Crippen LogP) is 3.45. The van der Waals surface area contributed by atoms with Crippen LogP contribution in [0.2, 0.25) is 0 Å². The normalized spacial score (nSPS) is 11.5. The molecule has 0 aliphatic carbocycles. The summed E-state index contributed by atoms with van der Waals surface area (Å²) >= 11 is 0. The maximum atomic E-state index is 3.49. The first-order valence-electron chi connectivity index (χ1n) is 5.83. The van der Waals surface area contributed by atoms with Crippen molar-refractivity contribution in [1.29, 1.82) is 0 Å². The fourth-order valence-electron chi connectivity index (χ4n) is 1.32. The Morgan fingerprint density at radius 1 is 0.769 bits per heavy atom. The lowest BCUT2D eigenvalue weighted by Gasteiger charge is -2.07. The zero-order valence-corrected chi connectivity index (χ0v) is 9.90. The molecule has 0 heterocycles. The van der Waals surface area contributed by atoms with Gasteiger partial charge in [0, 0.05) is 0 Å². The highest BCUT2D eigenvalue weighted by Gasteiger charge is 1.95. The number of unbranched alkanes of at least 4 members (excludes halogenated alkanes) is 1.